The van der Waals surface area contributed by atoms with Crippen LogP contribution in [0.25, 0.3) is 21.8 Å². The quantitative estimate of drug-likeness (QED) is 0.0430. The van der Waals surface area contributed by atoms with Gasteiger partial charge in [-0.05, 0) is 98.5 Å². The number of nitrogen functional groups attached to an aromatic ring is 1. The third-order valence-corrected chi connectivity index (χ3v) is 9.10. The number of hydrogen-bond donors (Lipinski definition) is 3. The Bertz CT molecular complexity index is 2710. The summed E-state index contributed by atoms with van der Waals surface area (Å²) in [4.78, 5) is 24.1. The molecule has 0 aliphatic carbocycles. The van der Waals surface area contributed by atoms with Crippen LogP contribution in [0.4, 0.5) is 16.2 Å². The first-order chi connectivity index (χ1) is 29.2. The average molecular weight is 845 g/mol. The van der Waals surface area contributed by atoms with E-state index < -0.39 is 0 Å². The van der Waals surface area contributed by atoms with Gasteiger partial charge in [-0.2, -0.15) is 10.5 Å². The maximum Gasteiger partial charge on any atom is 0.319 e. The minimum atomic E-state index is -0.309. The number of urea groups is 1. The fraction of sp³-hybridized carbons (Fsp3) is 0.217. The molecule has 0 saturated carbocycles. The number of nitrogens with one attached hydrogen (secondary N) is 2. The zero-order chi connectivity index (χ0) is 43.4. The van der Waals surface area contributed by atoms with Crippen molar-refractivity contribution in [3.63, 3.8) is 0 Å². The lowest BCUT2D eigenvalue weighted by molar-refractivity contribution is 0.252. The van der Waals surface area contributed by atoms with Crippen LogP contribution in [0.1, 0.15) is 48.9 Å². The molecule has 2 aromatic heterocycles. The molecule has 6 rings (SSSR count). The molecule has 0 fully saturated rings. The topological polar surface area (TPSA) is 172 Å². The summed E-state index contributed by atoms with van der Waals surface area (Å²) in [6, 6.07) is 30.2. The van der Waals surface area contributed by atoms with Crippen LogP contribution in [0.2, 0.25) is 0 Å². The Morgan fingerprint density at radius 3 is 1.62 bits per heavy atom. The van der Waals surface area contributed by atoms with E-state index >= 15 is 0 Å². The number of methoxy groups -OCH3 is 2. The predicted octanol–water partition coefficient (Wildman–Crippen LogP) is 8.63. The first-order valence-electron chi connectivity index (χ1n) is 18.6. The van der Waals surface area contributed by atoms with Crippen molar-refractivity contribution in [1.29, 1.82) is 10.5 Å². The number of aryl methyl sites for hydroxylation is 2. The second-order valence-electron chi connectivity index (χ2n) is 12.4. The van der Waals surface area contributed by atoms with Gasteiger partial charge in [-0.25, -0.2) is 14.6 Å². The zero-order valence-corrected chi connectivity index (χ0v) is 35.0. The molecule has 12 nitrogen and oxygen atoms in total. The summed E-state index contributed by atoms with van der Waals surface area (Å²) in [6.45, 7) is 6.22. The van der Waals surface area contributed by atoms with Crippen molar-refractivity contribution in [2.24, 2.45) is 4.99 Å². The number of carbonyl (C=O) groups is 1. The van der Waals surface area contributed by atoms with Crippen LogP contribution in [0.5, 0.6) is 11.5 Å². The molecule has 0 atom stereocenters. The second-order valence-corrected chi connectivity index (χ2v) is 13.1. The molecule has 6 aromatic rings. The number of isocyanates is 1. The first-order valence-corrected chi connectivity index (χ1v) is 19.7. The minimum absolute atomic E-state index is 0. The number of nitrogens with two attached hydrogens (primary N) is 1. The number of halogens is 2. The lowest BCUT2D eigenvalue weighted by atomic mass is 10.1. The van der Waals surface area contributed by atoms with Gasteiger partial charge in [0.05, 0.1) is 42.9 Å². The van der Waals surface area contributed by atoms with Gasteiger partial charge in [-0.15, -0.1) is 23.2 Å². The third-order valence-electron chi connectivity index (χ3n) is 8.74. The predicted molar refractivity (Wildman–Crippen MR) is 241 cm³/mol. The van der Waals surface area contributed by atoms with E-state index in [0.29, 0.717) is 59.6 Å². The van der Waals surface area contributed by atoms with Gasteiger partial charge >= 0.3 is 6.03 Å². The van der Waals surface area contributed by atoms with Crippen molar-refractivity contribution in [2.45, 2.75) is 26.9 Å². The summed E-state index contributed by atoms with van der Waals surface area (Å²) in [5.41, 5.74) is 13.1. The van der Waals surface area contributed by atoms with Gasteiger partial charge < -0.3 is 35.0 Å². The lowest BCUT2D eigenvalue weighted by Crippen LogP contribution is -2.30. The normalized spacial score (nSPS) is 9.73. The van der Waals surface area contributed by atoms with E-state index in [4.69, 9.17) is 38.4 Å². The van der Waals surface area contributed by atoms with Crippen LogP contribution in [-0.2, 0) is 17.9 Å². The lowest BCUT2D eigenvalue weighted by Gasteiger charge is -2.06. The Labute approximate surface area is 360 Å². The number of benzene rings is 4. The summed E-state index contributed by atoms with van der Waals surface area (Å²) < 4.78 is 14.7. The number of carbonyl (C=O) groups excluding carboxylic acids is 2. The van der Waals surface area contributed by atoms with Gasteiger partial charge in [-0.3, -0.25) is 0 Å². The number of nitriles is 2. The molecule has 4 N–H and O–H groups in total. The number of nitrogens with zero attached hydrogens (tertiary/aromatic N) is 5. The largest absolute Gasteiger partial charge is 0.497 e. The van der Waals surface area contributed by atoms with Gasteiger partial charge in [0.15, 0.2) is 0 Å². The van der Waals surface area contributed by atoms with Gasteiger partial charge in [0, 0.05) is 78.2 Å². The van der Waals surface area contributed by atoms with Gasteiger partial charge in [0.1, 0.15) is 35.0 Å². The Kier molecular flexibility index (Phi) is 17.5. The van der Waals surface area contributed by atoms with Crippen LogP contribution in [-0.4, -0.2) is 60.3 Å². The summed E-state index contributed by atoms with van der Waals surface area (Å²) in [6.07, 6.45) is 1.36. The standard InChI is InChI=1S/C23H21ClN4O2.C20H17N3O.C3H4ClNO.H2/c1-3-28-21(20(15-25)19-10-9-18(30-2)14-22(19)28)11-6-16-4-7-17(8-5-16)27-23(29)26-13-12-24;1-3-23-19(11-6-14-4-7-15(22)8-5-14)18(13-21)17-10-9-16(24-2)12-20(17)23;4-1-2-5-3-6;/h4-5,7-10,14H,3,12-13H2,1-2H3,(H2,26,27,29);4-5,7-10,12H,3,22H2,1-2H3;1-2H2;1H/i;;;1+1. The highest BCUT2D eigenvalue weighted by atomic mass is 35.5. The summed E-state index contributed by atoms with van der Waals surface area (Å²) in [7, 11) is 3.25. The molecular weight excluding hydrogens is 799 g/mol. The number of rotatable bonds is 9. The van der Waals surface area contributed by atoms with Crippen molar-refractivity contribution in [1.82, 2.24) is 14.5 Å². The Morgan fingerprint density at radius 1 is 0.750 bits per heavy atom. The number of fused-ring (bicyclic) bond motifs is 2. The highest BCUT2D eigenvalue weighted by Gasteiger charge is 2.17. The SMILES string of the molecule is CCn1c(C#Cc2ccc(N)cc2)c(C#N)c2ccc(OC)cc21.CCn1c(C#Cc2ccc(NC(=O)NCCCl)cc2)c(C#N)c2ccc(OC)cc21.O=C=NCCCl.[2HH]. The molecule has 60 heavy (non-hydrogen) atoms. The molecule has 0 unspecified atom stereocenters. The average Bonchev–Trinajstić information content (AvgIpc) is 3.76. The van der Waals surface area contributed by atoms with Crippen LogP contribution in [0.15, 0.2) is 89.9 Å². The van der Waals surface area contributed by atoms with Crippen molar-refractivity contribution in [3.05, 3.63) is 119 Å². The molecule has 0 radical (unpaired) electrons. The van der Waals surface area contributed by atoms with Crippen molar-refractivity contribution < 1.29 is 20.5 Å². The monoisotopic (exact) mass is 843 g/mol. The van der Waals surface area contributed by atoms with Crippen LogP contribution in [0.3, 0.4) is 0 Å². The van der Waals surface area contributed by atoms with E-state index in [1.807, 2.05) is 95.8 Å². The molecule has 0 aliphatic heterocycles. The third kappa shape index (κ3) is 11.6. The number of hydrogen-bond acceptors (Lipinski definition) is 8. The van der Waals surface area contributed by atoms with E-state index in [9.17, 15) is 20.1 Å². The maximum atomic E-state index is 11.7. The van der Waals surface area contributed by atoms with Crippen molar-refractivity contribution >= 4 is 68.5 Å². The number of amides is 2. The van der Waals surface area contributed by atoms with Gasteiger partial charge in [0.25, 0.3) is 0 Å². The zero-order valence-electron chi connectivity index (χ0n) is 33.5. The maximum absolute atomic E-state index is 11.7. The van der Waals surface area contributed by atoms with Crippen LogP contribution >= 0.6 is 23.2 Å². The number of alkyl halides is 2. The smallest absolute Gasteiger partial charge is 0.319 e. The molecule has 2 amide bonds. The minimum Gasteiger partial charge on any atom is -0.497 e. The molecule has 4 aromatic carbocycles. The molecular formula is C46H44Cl2N8O4. The summed E-state index contributed by atoms with van der Waals surface area (Å²) >= 11 is 10.7. The number of anilines is 2. The molecule has 0 spiro atoms. The Hall–Kier alpha value is -7.31. The Balaban J connectivity index is 0.000000288. The summed E-state index contributed by atoms with van der Waals surface area (Å²) in [5, 5.41) is 26.4. The molecule has 0 aliphatic rings. The second kappa shape index (κ2) is 23.2. The van der Waals surface area contributed by atoms with E-state index in [0.717, 1.165) is 56.7 Å². The van der Waals surface area contributed by atoms with E-state index in [-0.39, 0.29) is 7.46 Å². The highest BCUT2D eigenvalue weighted by Crippen LogP contribution is 2.30. The number of ether oxygens (including phenoxy) is 2. The first kappa shape index (κ1) is 45.4. The number of aromatic nitrogens is 2. The molecule has 306 valence electrons. The van der Waals surface area contributed by atoms with Gasteiger partial charge in [-0.1, -0.05) is 11.8 Å². The van der Waals surface area contributed by atoms with E-state index in [1.165, 1.54) is 6.08 Å². The van der Waals surface area contributed by atoms with Gasteiger partial charge in [0.2, 0.25) is 6.08 Å². The fourth-order valence-electron chi connectivity index (χ4n) is 5.95. The number of aliphatic imine (C=N–C) groups is 1. The van der Waals surface area contributed by atoms with Crippen LogP contribution in [0, 0.1) is 46.3 Å². The highest BCUT2D eigenvalue weighted by molar-refractivity contribution is 6.18. The van der Waals surface area contributed by atoms with Crippen LogP contribution < -0.4 is 25.8 Å². The van der Waals surface area contributed by atoms with E-state index in [1.54, 1.807) is 26.4 Å². The molecule has 0 bridgehead atoms. The fourth-order valence-corrected chi connectivity index (χ4v) is 6.12. The Morgan fingerprint density at radius 2 is 1.23 bits per heavy atom. The van der Waals surface area contributed by atoms with Crippen molar-refractivity contribution in [3.8, 4) is 47.3 Å². The molecule has 0 saturated heterocycles. The molecule has 14 heteroatoms. The summed E-state index contributed by atoms with van der Waals surface area (Å²) in [5.74, 6) is 14.8. The molecule has 2 heterocycles. The van der Waals surface area contributed by atoms with E-state index in [2.05, 4.69) is 51.4 Å². The van der Waals surface area contributed by atoms with Crippen molar-refractivity contribution in [2.75, 3.05) is 50.1 Å².